The van der Waals surface area contributed by atoms with E-state index in [-0.39, 0.29) is 5.91 Å². The summed E-state index contributed by atoms with van der Waals surface area (Å²) in [5.41, 5.74) is -0.402. The Kier molecular flexibility index (Phi) is 6.57. The van der Waals surface area contributed by atoms with Gasteiger partial charge in [0, 0.05) is 37.7 Å². The number of thioether (sulfide) groups is 1. The Hall–Kier alpha value is -1.01. The SMILES string of the molecule is Cc1nccn1CCCCCCC(=O)N1CCSC(O)C1. The number of β-amino-alcohol motifs (C(OH)–C–C–N with tert-alkyl or cyclic N) is 1. The average Bonchev–Trinajstić information content (AvgIpc) is 2.88. The van der Waals surface area contributed by atoms with E-state index in [1.54, 1.807) is 4.90 Å². The van der Waals surface area contributed by atoms with Crippen molar-refractivity contribution >= 4 is 17.7 Å². The van der Waals surface area contributed by atoms with Crippen LogP contribution in [0.3, 0.4) is 0 Å². The zero-order valence-electron chi connectivity index (χ0n) is 12.7. The molecule has 118 valence electrons. The Morgan fingerprint density at radius 3 is 2.95 bits per heavy atom. The minimum Gasteiger partial charge on any atom is -0.381 e. The molecule has 6 heteroatoms. The Morgan fingerprint density at radius 1 is 1.43 bits per heavy atom. The van der Waals surface area contributed by atoms with E-state index in [0.717, 1.165) is 50.4 Å². The molecule has 1 aromatic rings. The third-order valence-electron chi connectivity index (χ3n) is 3.86. The van der Waals surface area contributed by atoms with Crippen molar-refractivity contribution < 1.29 is 9.90 Å². The maximum absolute atomic E-state index is 12.0. The molecule has 2 heterocycles. The Labute approximate surface area is 130 Å². The third kappa shape index (κ3) is 5.36. The van der Waals surface area contributed by atoms with Crippen LogP contribution in [0.25, 0.3) is 0 Å². The largest absolute Gasteiger partial charge is 0.381 e. The van der Waals surface area contributed by atoms with Gasteiger partial charge in [-0.3, -0.25) is 4.79 Å². The van der Waals surface area contributed by atoms with Crippen molar-refractivity contribution in [2.75, 3.05) is 18.8 Å². The predicted octanol–water partition coefficient (Wildman–Crippen LogP) is 2.04. The van der Waals surface area contributed by atoms with Crippen molar-refractivity contribution in [3.05, 3.63) is 18.2 Å². The Morgan fingerprint density at radius 2 is 2.24 bits per heavy atom. The fourth-order valence-electron chi connectivity index (χ4n) is 2.57. The normalized spacial score (nSPS) is 19.0. The predicted molar refractivity (Wildman–Crippen MR) is 85.1 cm³/mol. The molecule has 0 aromatic carbocycles. The number of hydrogen-bond acceptors (Lipinski definition) is 4. The monoisotopic (exact) mass is 311 g/mol. The summed E-state index contributed by atoms with van der Waals surface area (Å²) in [6, 6.07) is 0. The molecule has 0 saturated carbocycles. The molecule has 1 atom stereocenters. The van der Waals surface area contributed by atoms with Crippen LogP contribution in [0.1, 0.15) is 37.9 Å². The first-order valence-electron chi connectivity index (χ1n) is 7.72. The second-order valence-electron chi connectivity index (χ2n) is 5.50. The lowest BCUT2D eigenvalue weighted by Gasteiger charge is -2.29. The first-order valence-corrected chi connectivity index (χ1v) is 8.77. The zero-order valence-corrected chi connectivity index (χ0v) is 13.5. The molecule has 21 heavy (non-hydrogen) atoms. The maximum atomic E-state index is 12.0. The number of aryl methyl sites for hydroxylation is 2. The van der Waals surface area contributed by atoms with E-state index in [1.165, 1.54) is 11.8 Å². The van der Waals surface area contributed by atoms with Crippen LogP contribution < -0.4 is 0 Å². The van der Waals surface area contributed by atoms with Gasteiger partial charge in [0.1, 0.15) is 11.3 Å². The standard InChI is InChI=1S/C15H25N3O2S/c1-13-16-7-9-17(13)8-5-3-2-4-6-14(19)18-10-11-21-15(20)12-18/h7,9,15,20H,2-6,8,10-12H2,1H3. The molecule has 1 saturated heterocycles. The van der Waals surface area contributed by atoms with E-state index < -0.39 is 5.44 Å². The summed E-state index contributed by atoms with van der Waals surface area (Å²) in [4.78, 5) is 18.0. The van der Waals surface area contributed by atoms with Crippen molar-refractivity contribution in [2.45, 2.75) is 51.0 Å². The van der Waals surface area contributed by atoms with Gasteiger partial charge in [-0.25, -0.2) is 4.98 Å². The van der Waals surface area contributed by atoms with Gasteiger partial charge in [0.25, 0.3) is 0 Å². The van der Waals surface area contributed by atoms with Crippen LogP contribution in [0.15, 0.2) is 12.4 Å². The lowest BCUT2D eigenvalue weighted by atomic mass is 10.1. The molecule has 1 aromatic heterocycles. The first-order chi connectivity index (χ1) is 10.2. The number of nitrogens with zero attached hydrogens (tertiary/aromatic N) is 3. The van der Waals surface area contributed by atoms with Crippen molar-refractivity contribution in [3.8, 4) is 0 Å². The van der Waals surface area contributed by atoms with Crippen molar-refractivity contribution in [1.82, 2.24) is 14.5 Å². The molecule has 1 fully saturated rings. The molecule has 0 spiro atoms. The molecule has 1 aliphatic heterocycles. The highest BCUT2D eigenvalue weighted by atomic mass is 32.2. The number of imidazole rings is 1. The van der Waals surface area contributed by atoms with Gasteiger partial charge in [0.2, 0.25) is 5.91 Å². The van der Waals surface area contributed by atoms with E-state index in [2.05, 4.69) is 9.55 Å². The van der Waals surface area contributed by atoms with Gasteiger partial charge < -0.3 is 14.6 Å². The van der Waals surface area contributed by atoms with Gasteiger partial charge in [-0.1, -0.05) is 12.8 Å². The molecule has 0 aliphatic carbocycles. The summed E-state index contributed by atoms with van der Waals surface area (Å²) >= 11 is 1.53. The number of rotatable bonds is 7. The number of aromatic nitrogens is 2. The molecule has 1 aliphatic rings. The van der Waals surface area contributed by atoms with E-state index in [1.807, 2.05) is 19.3 Å². The summed E-state index contributed by atoms with van der Waals surface area (Å²) in [6.45, 7) is 4.29. The topological polar surface area (TPSA) is 58.4 Å². The van der Waals surface area contributed by atoms with Gasteiger partial charge >= 0.3 is 0 Å². The first kappa shape index (κ1) is 16.4. The Balaban J connectivity index is 1.53. The number of amides is 1. The highest BCUT2D eigenvalue weighted by molar-refractivity contribution is 7.99. The zero-order chi connectivity index (χ0) is 15.1. The van der Waals surface area contributed by atoms with E-state index in [4.69, 9.17) is 0 Å². The number of hydrogen-bond donors (Lipinski definition) is 1. The van der Waals surface area contributed by atoms with E-state index >= 15 is 0 Å². The smallest absolute Gasteiger partial charge is 0.222 e. The lowest BCUT2D eigenvalue weighted by Crippen LogP contribution is -2.41. The molecular weight excluding hydrogens is 286 g/mol. The molecule has 1 N–H and O–H groups in total. The van der Waals surface area contributed by atoms with Gasteiger partial charge in [-0.05, 0) is 19.8 Å². The number of carbonyl (C=O) groups excluding carboxylic acids is 1. The van der Waals surface area contributed by atoms with Crippen LogP contribution in [0.2, 0.25) is 0 Å². The second-order valence-corrected chi connectivity index (χ2v) is 6.78. The van der Waals surface area contributed by atoms with Crippen molar-refractivity contribution in [1.29, 1.82) is 0 Å². The highest BCUT2D eigenvalue weighted by Gasteiger charge is 2.21. The van der Waals surface area contributed by atoms with Crippen LogP contribution >= 0.6 is 11.8 Å². The molecule has 1 unspecified atom stereocenters. The third-order valence-corrected chi connectivity index (χ3v) is 4.82. The maximum Gasteiger partial charge on any atom is 0.222 e. The van der Waals surface area contributed by atoms with Crippen LogP contribution in [0.4, 0.5) is 0 Å². The summed E-state index contributed by atoms with van der Waals surface area (Å²) in [7, 11) is 0. The summed E-state index contributed by atoms with van der Waals surface area (Å²) in [5.74, 6) is 2.10. The van der Waals surface area contributed by atoms with Crippen LogP contribution in [-0.4, -0.2) is 49.7 Å². The fraction of sp³-hybridized carbons (Fsp3) is 0.733. The number of carbonyl (C=O) groups is 1. The molecule has 0 radical (unpaired) electrons. The molecule has 1 amide bonds. The number of aliphatic hydroxyl groups is 1. The highest BCUT2D eigenvalue weighted by Crippen LogP contribution is 2.17. The molecule has 5 nitrogen and oxygen atoms in total. The number of unbranched alkanes of at least 4 members (excludes halogenated alkanes) is 3. The van der Waals surface area contributed by atoms with Gasteiger partial charge in [-0.15, -0.1) is 11.8 Å². The number of aliphatic hydroxyl groups excluding tert-OH is 1. The second kappa shape index (κ2) is 8.44. The quantitative estimate of drug-likeness (QED) is 0.783. The summed E-state index contributed by atoms with van der Waals surface area (Å²) < 4.78 is 2.16. The fourth-order valence-corrected chi connectivity index (χ4v) is 3.45. The summed E-state index contributed by atoms with van der Waals surface area (Å²) in [5, 5.41) is 9.54. The lowest BCUT2D eigenvalue weighted by molar-refractivity contribution is -0.132. The molecule has 2 rings (SSSR count). The Bertz CT molecular complexity index is 450. The van der Waals surface area contributed by atoms with Gasteiger partial charge in [0.15, 0.2) is 0 Å². The van der Waals surface area contributed by atoms with E-state index in [9.17, 15) is 9.90 Å². The van der Waals surface area contributed by atoms with Crippen molar-refractivity contribution in [2.24, 2.45) is 0 Å². The van der Waals surface area contributed by atoms with E-state index in [0.29, 0.717) is 13.0 Å². The van der Waals surface area contributed by atoms with Gasteiger partial charge in [-0.2, -0.15) is 0 Å². The van der Waals surface area contributed by atoms with Gasteiger partial charge in [0.05, 0.1) is 6.54 Å². The minimum atomic E-state index is -0.402. The van der Waals surface area contributed by atoms with Crippen molar-refractivity contribution in [3.63, 3.8) is 0 Å². The average molecular weight is 311 g/mol. The molecular formula is C15H25N3O2S. The van der Waals surface area contributed by atoms with Crippen LogP contribution in [0, 0.1) is 6.92 Å². The minimum absolute atomic E-state index is 0.194. The summed E-state index contributed by atoms with van der Waals surface area (Å²) in [6.07, 6.45) is 8.76. The van der Waals surface area contributed by atoms with Crippen LogP contribution in [0.5, 0.6) is 0 Å². The van der Waals surface area contributed by atoms with Crippen LogP contribution in [-0.2, 0) is 11.3 Å². The molecule has 0 bridgehead atoms.